The van der Waals surface area contributed by atoms with Crippen LogP contribution in [0.15, 0.2) is 30.3 Å². The van der Waals surface area contributed by atoms with Gasteiger partial charge < -0.3 is 5.32 Å². The van der Waals surface area contributed by atoms with Crippen molar-refractivity contribution in [2.45, 2.75) is 20.8 Å². The van der Waals surface area contributed by atoms with Gasteiger partial charge in [-0.05, 0) is 50.1 Å². The average molecular weight is 237 g/mol. The van der Waals surface area contributed by atoms with E-state index in [1.165, 1.54) is 11.1 Å². The molecule has 1 N–H and O–H groups in total. The van der Waals surface area contributed by atoms with Crippen molar-refractivity contribution < 1.29 is 0 Å². The number of pyridine rings is 1. The van der Waals surface area contributed by atoms with Gasteiger partial charge in [0.25, 0.3) is 0 Å². The highest BCUT2D eigenvalue weighted by molar-refractivity contribution is 5.63. The van der Waals surface area contributed by atoms with Gasteiger partial charge in [-0.25, -0.2) is 4.98 Å². The minimum Gasteiger partial charge on any atom is -0.340 e. The SMILES string of the molecule is Cc1cc(C#N)cc(Nc2cccc(C)c2C)n1. The monoisotopic (exact) mass is 237 g/mol. The smallest absolute Gasteiger partial charge is 0.131 e. The Hall–Kier alpha value is -2.34. The second-order valence-corrected chi connectivity index (χ2v) is 4.37. The van der Waals surface area contributed by atoms with Crippen LogP contribution in [0.2, 0.25) is 0 Å². The summed E-state index contributed by atoms with van der Waals surface area (Å²) in [6.07, 6.45) is 0. The van der Waals surface area contributed by atoms with Gasteiger partial charge in [0.1, 0.15) is 5.82 Å². The molecule has 0 aliphatic heterocycles. The zero-order chi connectivity index (χ0) is 13.1. The van der Waals surface area contributed by atoms with Crippen molar-refractivity contribution in [2.75, 3.05) is 5.32 Å². The van der Waals surface area contributed by atoms with Gasteiger partial charge in [0.2, 0.25) is 0 Å². The first-order valence-corrected chi connectivity index (χ1v) is 5.82. The zero-order valence-electron chi connectivity index (χ0n) is 10.8. The van der Waals surface area contributed by atoms with Crippen LogP contribution >= 0.6 is 0 Å². The maximum atomic E-state index is 8.95. The molecule has 0 saturated carbocycles. The molecule has 2 aromatic rings. The third-order valence-corrected chi connectivity index (χ3v) is 2.95. The van der Waals surface area contributed by atoms with Crippen molar-refractivity contribution in [3.8, 4) is 6.07 Å². The lowest BCUT2D eigenvalue weighted by Crippen LogP contribution is -1.98. The first-order chi connectivity index (χ1) is 8.60. The normalized spacial score (nSPS) is 9.89. The second-order valence-electron chi connectivity index (χ2n) is 4.37. The van der Waals surface area contributed by atoms with Crippen LogP contribution in [0.3, 0.4) is 0 Å². The molecule has 3 nitrogen and oxygen atoms in total. The molecule has 0 radical (unpaired) electrons. The van der Waals surface area contributed by atoms with E-state index < -0.39 is 0 Å². The molecule has 1 aromatic carbocycles. The summed E-state index contributed by atoms with van der Waals surface area (Å²) in [5, 5.41) is 12.2. The summed E-state index contributed by atoms with van der Waals surface area (Å²) in [6.45, 7) is 6.03. The van der Waals surface area contributed by atoms with Crippen molar-refractivity contribution in [1.29, 1.82) is 5.26 Å². The molecule has 0 bridgehead atoms. The van der Waals surface area contributed by atoms with E-state index in [0.717, 1.165) is 11.4 Å². The van der Waals surface area contributed by atoms with Crippen molar-refractivity contribution in [3.63, 3.8) is 0 Å². The lowest BCUT2D eigenvalue weighted by atomic mass is 10.1. The Balaban J connectivity index is 2.37. The number of nitriles is 1. The largest absolute Gasteiger partial charge is 0.340 e. The molecule has 0 fully saturated rings. The third kappa shape index (κ3) is 2.49. The number of aryl methyl sites for hydroxylation is 2. The molecule has 0 amide bonds. The molecule has 0 atom stereocenters. The summed E-state index contributed by atoms with van der Waals surface area (Å²) < 4.78 is 0. The Morgan fingerprint density at radius 1 is 1.17 bits per heavy atom. The highest BCUT2D eigenvalue weighted by atomic mass is 15.0. The van der Waals surface area contributed by atoms with Gasteiger partial charge in [0, 0.05) is 11.4 Å². The Labute approximate surface area is 107 Å². The number of benzene rings is 1. The number of nitrogens with zero attached hydrogens (tertiary/aromatic N) is 2. The van der Waals surface area contributed by atoms with E-state index in [9.17, 15) is 0 Å². The summed E-state index contributed by atoms with van der Waals surface area (Å²) in [7, 11) is 0. The number of hydrogen-bond donors (Lipinski definition) is 1. The third-order valence-electron chi connectivity index (χ3n) is 2.95. The minimum atomic E-state index is 0.621. The molecule has 1 aromatic heterocycles. The van der Waals surface area contributed by atoms with Gasteiger partial charge in [0.15, 0.2) is 0 Å². The van der Waals surface area contributed by atoms with E-state index >= 15 is 0 Å². The van der Waals surface area contributed by atoms with Gasteiger partial charge in [-0.3, -0.25) is 0 Å². The Kier molecular flexibility index (Phi) is 3.29. The van der Waals surface area contributed by atoms with Gasteiger partial charge >= 0.3 is 0 Å². The van der Waals surface area contributed by atoms with Crippen molar-refractivity contribution in [2.24, 2.45) is 0 Å². The summed E-state index contributed by atoms with van der Waals surface area (Å²) >= 11 is 0. The summed E-state index contributed by atoms with van der Waals surface area (Å²) in [4.78, 5) is 4.39. The summed E-state index contributed by atoms with van der Waals surface area (Å²) in [5.41, 5.74) is 4.90. The number of nitrogens with one attached hydrogen (secondary N) is 1. The van der Waals surface area contributed by atoms with E-state index in [1.807, 2.05) is 19.1 Å². The Morgan fingerprint density at radius 3 is 2.67 bits per heavy atom. The maximum Gasteiger partial charge on any atom is 0.131 e. The lowest BCUT2D eigenvalue weighted by Gasteiger charge is -2.11. The van der Waals surface area contributed by atoms with Gasteiger partial charge in [-0.1, -0.05) is 12.1 Å². The van der Waals surface area contributed by atoms with Crippen LogP contribution in [-0.4, -0.2) is 4.98 Å². The first-order valence-electron chi connectivity index (χ1n) is 5.82. The van der Waals surface area contributed by atoms with Crippen LogP contribution in [0.4, 0.5) is 11.5 Å². The predicted molar refractivity (Wildman–Crippen MR) is 72.9 cm³/mol. The molecule has 90 valence electrons. The van der Waals surface area contributed by atoms with Crippen molar-refractivity contribution in [3.05, 3.63) is 52.7 Å². The quantitative estimate of drug-likeness (QED) is 0.867. The number of hydrogen-bond acceptors (Lipinski definition) is 3. The molecule has 0 aliphatic rings. The lowest BCUT2D eigenvalue weighted by molar-refractivity contribution is 1.18. The van der Waals surface area contributed by atoms with E-state index in [0.29, 0.717) is 11.4 Å². The molecule has 1 heterocycles. The Bertz CT molecular complexity index is 624. The van der Waals surface area contributed by atoms with E-state index in [-0.39, 0.29) is 0 Å². The average Bonchev–Trinajstić information content (AvgIpc) is 2.34. The molecule has 0 spiro atoms. The summed E-state index contributed by atoms with van der Waals surface area (Å²) in [6, 6.07) is 11.8. The van der Waals surface area contributed by atoms with Gasteiger partial charge in [-0.2, -0.15) is 5.26 Å². The zero-order valence-corrected chi connectivity index (χ0v) is 10.8. The van der Waals surface area contributed by atoms with Crippen molar-refractivity contribution >= 4 is 11.5 Å². The molecule has 0 saturated heterocycles. The standard InChI is InChI=1S/C15H15N3/c1-10-5-4-6-14(12(10)3)18-15-8-13(9-16)7-11(2)17-15/h4-8H,1-3H3,(H,17,18). The highest BCUT2D eigenvalue weighted by Crippen LogP contribution is 2.22. The van der Waals surface area contributed by atoms with Crippen LogP contribution < -0.4 is 5.32 Å². The molecular weight excluding hydrogens is 222 g/mol. The minimum absolute atomic E-state index is 0.621. The fraction of sp³-hybridized carbons (Fsp3) is 0.200. The predicted octanol–water partition coefficient (Wildman–Crippen LogP) is 3.62. The number of anilines is 2. The van der Waals surface area contributed by atoms with Gasteiger partial charge in [-0.15, -0.1) is 0 Å². The van der Waals surface area contributed by atoms with E-state index in [2.05, 4.69) is 36.3 Å². The fourth-order valence-electron chi connectivity index (χ4n) is 1.82. The fourth-order valence-corrected chi connectivity index (χ4v) is 1.82. The van der Waals surface area contributed by atoms with Gasteiger partial charge in [0.05, 0.1) is 11.6 Å². The molecule has 0 aliphatic carbocycles. The highest BCUT2D eigenvalue weighted by Gasteiger charge is 2.04. The van der Waals surface area contributed by atoms with Crippen LogP contribution in [0, 0.1) is 32.1 Å². The Morgan fingerprint density at radius 2 is 1.94 bits per heavy atom. The molecule has 3 heteroatoms. The number of aromatic nitrogens is 1. The van der Waals surface area contributed by atoms with E-state index in [4.69, 9.17) is 5.26 Å². The topological polar surface area (TPSA) is 48.7 Å². The van der Waals surface area contributed by atoms with Crippen molar-refractivity contribution in [1.82, 2.24) is 4.98 Å². The van der Waals surface area contributed by atoms with Crippen LogP contribution in [-0.2, 0) is 0 Å². The number of rotatable bonds is 2. The molecule has 2 rings (SSSR count). The molecule has 18 heavy (non-hydrogen) atoms. The first kappa shape index (κ1) is 12.1. The van der Waals surface area contributed by atoms with Crippen LogP contribution in [0.1, 0.15) is 22.4 Å². The maximum absolute atomic E-state index is 8.95. The van der Waals surface area contributed by atoms with E-state index in [1.54, 1.807) is 12.1 Å². The molecular formula is C15H15N3. The second kappa shape index (κ2) is 4.89. The van der Waals surface area contributed by atoms with Crippen LogP contribution in [0.25, 0.3) is 0 Å². The van der Waals surface area contributed by atoms with Crippen LogP contribution in [0.5, 0.6) is 0 Å². The molecule has 0 unspecified atom stereocenters. The summed E-state index contributed by atoms with van der Waals surface area (Å²) in [5.74, 6) is 0.709.